The van der Waals surface area contributed by atoms with E-state index in [1.165, 1.54) is 11.8 Å². The number of fused-ring (bicyclic) bond motifs is 1. The maximum atomic E-state index is 11.4. The van der Waals surface area contributed by atoms with Crippen LogP contribution in [-0.2, 0) is 21.2 Å². The molecule has 0 saturated carbocycles. The molecule has 2 heterocycles. The van der Waals surface area contributed by atoms with Crippen LogP contribution in [0.2, 0.25) is 0 Å². The highest BCUT2D eigenvalue weighted by Gasteiger charge is 2.24. The van der Waals surface area contributed by atoms with Gasteiger partial charge in [0.05, 0.1) is 17.9 Å². The van der Waals surface area contributed by atoms with Gasteiger partial charge < -0.3 is 4.74 Å². The van der Waals surface area contributed by atoms with E-state index in [2.05, 4.69) is 27.9 Å². The van der Waals surface area contributed by atoms with Crippen LogP contribution in [0.1, 0.15) is 24.1 Å². The molecule has 1 aromatic heterocycles. The molecule has 3 rings (SSSR count). The summed E-state index contributed by atoms with van der Waals surface area (Å²) in [6.07, 6.45) is 3.46. The number of sulfonamides is 1. The molecular formula is C17H22N2O3S. The number of hydrogen-bond acceptors (Lipinski definition) is 4. The Morgan fingerprint density at radius 3 is 2.91 bits per heavy atom. The van der Waals surface area contributed by atoms with Crippen molar-refractivity contribution in [3.63, 3.8) is 0 Å². The Hall–Kier alpha value is -1.50. The van der Waals surface area contributed by atoms with Gasteiger partial charge in [-0.05, 0) is 49.9 Å². The molecule has 0 bridgehead atoms. The topological polar surface area (TPSA) is 68.3 Å². The fraction of sp³-hybridized carbons (Fsp3) is 0.471. The summed E-state index contributed by atoms with van der Waals surface area (Å²) in [6, 6.07) is 10.3. The van der Waals surface area contributed by atoms with Gasteiger partial charge in [0.2, 0.25) is 10.0 Å². The number of aryl methyl sites for hydroxylation is 1. The number of benzene rings is 1. The summed E-state index contributed by atoms with van der Waals surface area (Å²) in [5.41, 5.74) is 3.19. The molecule has 2 atom stereocenters. The quantitative estimate of drug-likeness (QED) is 0.930. The third-order valence-corrected chi connectivity index (χ3v) is 4.87. The molecule has 124 valence electrons. The molecule has 1 fully saturated rings. The number of hydrogen-bond donors (Lipinski definition) is 1. The highest BCUT2D eigenvalue weighted by molar-refractivity contribution is 7.88. The van der Waals surface area contributed by atoms with E-state index in [0.29, 0.717) is 13.0 Å². The third-order valence-electron chi connectivity index (χ3n) is 4.10. The number of nitrogens with one attached hydrogen (secondary N) is 1. The minimum Gasteiger partial charge on any atom is -0.378 e. The van der Waals surface area contributed by atoms with E-state index >= 15 is 0 Å². The van der Waals surface area contributed by atoms with Crippen LogP contribution >= 0.6 is 0 Å². The molecule has 23 heavy (non-hydrogen) atoms. The van der Waals surface area contributed by atoms with Crippen molar-refractivity contribution in [2.75, 3.05) is 12.9 Å². The predicted octanol–water partition coefficient (Wildman–Crippen LogP) is 2.18. The van der Waals surface area contributed by atoms with Crippen LogP contribution in [-0.4, -0.2) is 38.4 Å². The van der Waals surface area contributed by atoms with Gasteiger partial charge in [-0.1, -0.05) is 12.1 Å². The lowest BCUT2D eigenvalue weighted by Crippen LogP contribution is -2.42. The molecule has 1 aliphatic rings. The van der Waals surface area contributed by atoms with Crippen molar-refractivity contribution in [2.24, 2.45) is 0 Å². The molecule has 2 aromatic rings. The fourth-order valence-electron chi connectivity index (χ4n) is 3.10. The molecule has 5 nitrogen and oxygen atoms in total. The first-order valence-corrected chi connectivity index (χ1v) is 9.73. The zero-order chi connectivity index (χ0) is 16.4. The molecule has 6 heteroatoms. The van der Waals surface area contributed by atoms with E-state index in [1.54, 1.807) is 0 Å². The zero-order valence-corrected chi connectivity index (χ0v) is 14.3. The van der Waals surface area contributed by atoms with Crippen LogP contribution in [0.3, 0.4) is 0 Å². The SMILES string of the molecule is Cc1ccc2cc(CC3CC(NS(C)(=O)=O)CCO3)ccc2n1. The Kier molecular flexibility index (Phi) is 4.66. The van der Waals surface area contributed by atoms with Crippen LogP contribution in [0, 0.1) is 6.92 Å². The first kappa shape index (κ1) is 16.4. The lowest BCUT2D eigenvalue weighted by atomic mass is 9.97. The van der Waals surface area contributed by atoms with E-state index in [1.807, 2.05) is 19.1 Å². The number of pyridine rings is 1. The first-order valence-electron chi connectivity index (χ1n) is 7.84. The van der Waals surface area contributed by atoms with Gasteiger partial charge in [0.1, 0.15) is 0 Å². The predicted molar refractivity (Wildman–Crippen MR) is 90.9 cm³/mol. The second kappa shape index (κ2) is 6.55. The molecule has 0 aliphatic carbocycles. The Bertz CT molecular complexity index is 805. The summed E-state index contributed by atoms with van der Waals surface area (Å²) < 4.78 is 31.3. The number of ether oxygens (including phenoxy) is 1. The summed E-state index contributed by atoms with van der Waals surface area (Å²) in [4.78, 5) is 4.51. The monoisotopic (exact) mass is 334 g/mol. The molecule has 1 aliphatic heterocycles. The maximum absolute atomic E-state index is 11.4. The van der Waals surface area contributed by atoms with Crippen molar-refractivity contribution in [1.29, 1.82) is 0 Å². The highest BCUT2D eigenvalue weighted by Crippen LogP contribution is 2.21. The molecule has 1 N–H and O–H groups in total. The number of nitrogens with zero attached hydrogens (tertiary/aromatic N) is 1. The lowest BCUT2D eigenvalue weighted by Gasteiger charge is -2.29. The van der Waals surface area contributed by atoms with Crippen molar-refractivity contribution >= 4 is 20.9 Å². The smallest absolute Gasteiger partial charge is 0.208 e. The molecule has 1 aromatic carbocycles. The summed E-state index contributed by atoms with van der Waals surface area (Å²) in [5, 5.41) is 1.12. The molecule has 2 unspecified atom stereocenters. The second-order valence-corrected chi connectivity index (χ2v) is 8.07. The Balaban J connectivity index is 1.70. The Labute approximate surface area is 137 Å². The average molecular weight is 334 g/mol. The summed E-state index contributed by atoms with van der Waals surface area (Å²) in [7, 11) is -3.17. The highest BCUT2D eigenvalue weighted by atomic mass is 32.2. The summed E-state index contributed by atoms with van der Waals surface area (Å²) in [6.45, 7) is 2.57. The fourth-order valence-corrected chi connectivity index (χ4v) is 3.92. The molecule has 0 amide bonds. The van der Waals surface area contributed by atoms with Gasteiger partial charge in [-0.3, -0.25) is 4.98 Å². The van der Waals surface area contributed by atoms with Crippen molar-refractivity contribution in [3.8, 4) is 0 Å². The van der Waals surface area contributed by atoms with Crippen LogP contribution in [0.15, 0.2) is 30.3 Å². The van der Waals surface area contributed by atoms with Crippen LogP contribution in [0.25, 0.3) is 10.9 Å². The van der Waals surface area contributed by atoms with Gasteiger partial charge >= 0.3 is 0 Å². The van der Waals surface area contributed by atoms with Crippen LogP contribution in [0.4, 0.5) is 0 Å². The van der Waals surface area contributed by atoms with Crippen molar-refractivity contribution in [3.05, 3.63) is 41.6 Å². The Morgan fingerprint density at radius 2 is 2.13 bits per heavy atom. The zero-order valence-electron chi connectivity index (χ0n) is 13.5. The van der Waals surface area contributed by atoms with E-state index in [9.17, 15) is 8.42 Å². The van der Waals surface area contributed by atoms with Gasteiger partial charge in [-0.2, -0.15) is 0 Å². The maximum Gasteiger partial charge on any atom is 0.208 e. The van der Waals surface area contributed by atoms with Gasteiger partial charge in [-0.15, -0.1) is 0 Å². The third kappa shape index (κ3) is 4.50. The van der Waals surface area contributed by atoms with E-state index < -0.39 is 10.0 Å². The van der Waals surface area contributed by atoms with Gasteiger partial charge in [0, 0.05) is 23.7 Å². The van der Waals surface area contributed by atoms with E-state index in [-0.39, 0.29) is 12.1 Å². The first-order chi connectivity index (χ1) is 10.9. The number of rotatable bonds is 4. The molecule has 1 saturated heterocycles. The standard InChI is InChI=1S/C17H22N2O3S/c1-12-3-5-14-9-13(4-6-17(14)18-12)10-16-11-15(7-8-22-16)19-23(2,20)21/h3-6,9,15-16,19H,7-8,10-11H2,1-2H3. The normalized spacial score (nSPS) is 22.3. The number of aromatic nitrogens is 1. The van der Waals surface area contributed by atoms with Gasteiger partial charge in [0.15, 0.2) is 0 Å². The average Bonchev–Trinajstić information content (AvgIpc) is 2.46. The van der Waals surface area contributed by atoms with Gasteiger partial charge in [-0.25, -0.2) is 13.1 Å². The summed E-state index contributed by atoms with van der Waals surface area (Å²) >= 11 is 0. The molecule has 0 radical (unpaired) electrons. The van der Waals surface area contributed by atoms with E-state index in [4.69, 9.17) is 4.74 Å². The summed E-state index contributed by atoms with van der Waals surface area (Å²) in [5.74, 6) is 0. The van der Waals surface area contributed by atoms with Gasteiger partial charge in [0.25, 0.3) is 0 Å². The minimum atomic E-state index is -3.17. The molecular weight excluding hydrogens is 312 g/mol. The Morgan fingerprint density at radius 1 is 1.30 bits per heavy atom. The largest absolute Gasteiger partial charge is 0.378 e. The lowest BCUT2D eigenvalue weighted by molar-refractivity contribution is 0.00613. The van der Waals surface area contributed by atoms with Crippen LogP contribution in [0.5, 0.6) is 0 Å². The minimum absolute atomic E-state index is 0.0338. The van der Waals surface area contributed by atoms with Crippen molar-refractivity contribution in [1.82, 2.24) is 9.71 Å². The van der Waals surface area contributed by atoms with Crippen LogP contribution < -0.4 is 4.72 Å². The second-order valence-electron chi connectivity index (χ2n) is 6.29. The van der Waals surface area contributed by atoms with Crippen molar-refractivity contribution in [2.45, 2.75) is 38.3 Å². The molecule has 0 spiro atoms. The van der Waals surface area contributed by atoms with E-state index in [0.717, 1.165) is 29.4 Å². The van der Waals surface area contributed by atoms with Crippen molar-refractivity contribution < 1.29 is 13.2 Å².